The van der Waals surface area contributed by atoms with Crippen LogP contribution in [0.15, 0.2) is 47.8 Å². The number of pyridine rings is 2. The van der Waals surface area contributed by atoms with Crippen LogP contribution in [0.4, 0.5) is 5.69 Å². The first kappa shape index (κ1) is 22.1. The fourth-order valence-corrected chi connectivity index (χ4v) is 4.62. The van der Waals surface area contributed by atoms with E-state index in [0.717, 1.165) is 0 Å². The van der Waals surface area contributed by atoms with E-state index in [-0.39, 0.29) is 23.1 Å². The van der Waals surface area contributed by atoms with Crippen molar-refractivity contribution in [3.8, 4) is 0 Å². The number of aromatic nitrogens is 2. The zero-order valence-corrected chi connectivity index (χ0v) is 17.8. The van der Waals surface area contributed by atoms with Crippen molar-refractivity contribution in [2.24, 2.45) is 5.92 Å². The number of hydrogen-bond acceptors (Lipinski definition) is 7. The molecule has 1 unspecified atom stereocenters. The van der Waals surface area contributed by atoms with Crippen molar-refractivity contribution in [1.29, 1.82) is 0 Å². The summed E-state index contributed by atoms with van der Waals surface area (Å²) >= 11 is 5.90. The van der Waals surface area contributed by atoms with Gasteiger partial charge >= 0.3 is 5.97 Å². The normalized spacial score (nSPS) is 16.6. The first-order chi connectivity index (χ1) is 14.3. The molecule has 3 rings (SSSR count). The standard InChI is InChI=1S/C19H21ClN4O5S/c1-13(18(25)23-16-5-3-9-22-17(16)20)29-19(26)14-6-10-24(11-7-14)30(27,28)15-4-2-8-21-12-15/h2-5,8-9,12-14H,6-7,10-11H2,1H3,(H,23,25). The van der Waals surface area contributed by atoms with Crippen molar-refractivity contribution in [3.63, 3.8) is 0 Å². The van der Waals surface area contributed by atoms with E-state index in [1.54, 1.807) is 18.2 Å². The maximum Gasteiger partial charge on any atom is 0.309 e. The number of piperidine rings is 1. The SMILES string of the molecule is CC(OC(=O)C1CCN(S(=O)(=O)c2cccnc2)CC1)C(=O)Nc1cccnc1Cl. The molecule has 1 saturated heterocycles. The van der Waals surface area contributed by atoms with Crippen molar-refractivity contribution in [3.05, 3.63) is 48.0 Å². The molecule has 30 heavy (non-hydrogen) atoms. The summed E-state index contributed by atoms with van der Waals surface area (Å²) in [6.45, 7) is 1.82. The Morgan fingerprint density at radius 2 is 1.93 bits per heavy atom. The average molecular weight is 453 g/mol. The molecule has 1 fully saturated rings. The Bertz CT molecular complexity index is 1010. The second kappa shape index (κ2) is 9.50. The Hall–Kier alpha value is -2.56. The highest BCUT2D eigenvalue weighted by atomic mass is 35.5. The lowest BCUT2D eigenvalue weighted by Crippen LogP contribution is -2.41. The van der Waals surface area contributed by atoms with Gasteiger partial charge in [-0.15, -0.1) is 0 Å². The largest absolute Gasteiger partial charge is 0.452 e. The van der Waals surface area contributed by atoms with Crippen LogP contribution < -0.4 is 5.32 Å². The van der Waals surface area contributed by atoms with Crippen molar-refractivity contribution >= 4 is 39.2 Å². The van der Waals surface area contributed by atoms with Gasteiger partial charge in [0.1, 0.15) is 4.90 Å². The molecule has 0 radical (unpaired) electrons. The van der Waals surface area contributed by atoms with E-state index in [9.17, 15) is 18.0 Å². The Morgan fingerprint density at radius 3 is 2.57 bits per heavy atom. The van der Waals surface area contributed by atoms with Crippen molar-refractivity contribution in [2.75, 3.05) is 18.4 Å². The van der Waals surface area contributed by atoms with E-state index >= 15 is 0 Å². The van der Waals surface area contributed by atoms with Gasteiger partial charge in [-0.2, -0.15) is 4.31 Å². The second-order valence-corrected chi connectivity index (χ2v) is 9.07. The number of ether oxygens (including phenoxy) is 1. The second-order valence-electron chi connectivity index (χ2n) is 6.78. The Kier molecular flexibility index (Phi) is 7.01. The van der Waals surface area contributed by atoms with Crippen LogP contribution in [0, 0.1) is 5.92 Å². The van der Waals surface area contributed by atoms with Crippen LogP contribution in [0.5, 0.6) is 0 Å². The van der Waals surface area contributed by atoms with E-state index < -0.39 is 33.9 Å². The molecule has 0 aromatic carbocycles. The monoisotopic (exact) mass is 452 g/mol. The molecule has 0 bridgehead atoms. The Labute approximate surface area is 179 Å². The predicted molar refractivity (Wildman–Crippen MR) is 109 cm³/mol. The number of halogens is 1. The minimum absolute atomic E-state index is 0.116. The van der Waals surface area contributed by atoms with Crippen molar-refractivity contribution in [1.82, 2.24) is 14.3 Å². The number of nitrogens with one attached hydrogen (secondary N) is 1. The van der Waals surface area contributed by atoms with Gasteiger partial charge in [-0.3, -0.25) is 14.6 Å². The van der Waals surface area contributed by atoms with Crippen LogP contribution in [0.3, 0.4) is 0 Å². The summed E-state index contributed by atoms with van der Waals surface area (Å²) in [6, 6.07) is 6.24. The highest BCUT2D eigenvalue weighted by molar-refractivity contribution is 7.89. The fraction of sp³-hybridized carbons (Fsp3) is 0.368. The van der Waals surface area contributed by atoms with Gasteiger partial charge in [0.05, 0.1) is 11.6 Å². The summed E-state index contributed by atoms with van der Waals surface area (Å²) in [5.41, 5.74) is 0.320. The zero-order chi connectivity index (χ0) is 21.7. The topological polar surface area (TPSA) is 119 Å². The number of carbonyl (C=O) groups is 2. The number of amides is 1. The van der Waals surface area contributed by atoms with Crippen molar-refractivity contribution in [2.45, 2.75) is 30.8 Å². The van der Waals surface area contributed by atoms with Crippen LogP contribution in [0.1, 0.15) is 19.8 Å². The van der Waals surface area contributed by atoms with Crippen LogP contribution in [0.25, 0.3) is 0 Å². The van der Waals surface area contributed by atoms with E-state index in [0.29, 0.717) is 18.5 Å². The molecule has 160 valence electrons. The number of carbonyl (C=O) groups excluding carboxylic acids is 2. The number of rotatable bonds is 6. The van der Waals surface area contributed by atoms with Crippen LogP contribution in [0.2, 0.25) is 5.15 Å². The Morgan fingerprint density at radius 1 is 1.23 bits per heavy atom. The first-order valence-corrected chi connectivity index (χ1v) is 11.1. The molecule has 0 aliphatic carbocycles. The van der Waals surface area contributed by atoms with E-state index in [1.165, 1.54) is 35.9 Å². The number of hydrogen-bond donors (Lipinski definition) is 1. The van der Waals surface area contributed by atoms with Crippen molar-refractivity contribution < 1.29 is 22.7 Å². The first-order valence-electron chi connectivity index (χ1n) is 9.31. The maximum absolute atomic E-state index is 12.6. The van der Waals surface area contributed by atoms with Crippen LogP contribution >= 0.6 is 11.6 Å². The lowest BCUT2D eigenvalue weighted by atomic mass is 9.98. The number of anilines is 1. The average Bonchev–Trinajstić information content (AvgIpc) is 2.76. The maximum atomic E-state index is 12.6. The molecule has 2 aromatic heterocycles. The molecular formula is C19H21ClN4O5S. The van der Waals surface area contributed by atoms with Crippen LogP contribution in [-0.2, 0) is 24.3 Å². The predicted octanol–water partition coefficient (Wildman–Crippen LogP) is 2.10. The molecule has 2 aromatic rings. The lowest BCUT2D eigenvalue weighted by molar-refractivity contribution is -0.158. The van der Waals surface area contributed by atoms with E-state index in [1.807, 2.05) is 0 Å². The van der Waals surface area contributed by atoms with Crippen LogP contribution in [-0.4, -0.2) is 53.8 Å². The molecule has 3 heterocycles. The summed E-state index contributed by atoms with van der Waals surface area (Å²) in [7, 11) is -3.65. The number of nitrogens with zero attached hydrogens (tertiary/aromatic N) is 3. The molecule has 0 spiro atoms. The highest BCUT2D eigenvalue weighted by Gasteiger charge is 2.34. The third-order valence-electron chi connectivity index (χ3n) is 4.74. The molecule has 1 amide bonds. The van der Waals surface area contributed by atoms with Gasteiger partial charge in [0.25, 0.3) is 5.91 Å². The molecule has 0 saturated carbocycles. The van der Waals surface area contributed by atoms with Gasteiger partial charge in [-0.25, -0.2) is 13.4 Å². The quantitative estimate of drug-likeness (QED) is 0.526. The van der Waals surface area contributed by atoms with Gasteiger partial charge in [0, 0.05) is 31.7 Å². The third-order valence-corrected chi connectivity index (χ3v) is 6.92. The van der Waals surface area contributed by atoms with Gasteiger partial charge < -0.3 is 10.1 Å². The number of sulfonamides is 1. The smallest absolute Gasteiger partial charge is 0.309 e. The van der Waals surface area contributed by atoms with Gasteiger partial charge in [-0.05, 0) is 44.0 Å². The van der Waals surface area contributed by atoms with Gasteiger partial charge in [-0.1, -0.05) is 11.6 Å². The summed E-state index contributed by atoms with van der Waals surface area (Å²) in [5, 5.41) is 2.69. The fourth-order valence-electron chi connectivity index (χ4n) is 3.02. The summed E-state index contributed by atoms with van der Waals surface area (Å²) in [6.07, 6.45) is 3.86. The minimum Gasteiger partial charge on any atom is -0.452 e. The molecule has 1 aliphatic rings. The summed E-state index contributed by atoms with van der Waals surface area (Å²) < 4.78 is 31.9. The molecule has 11 heteroatoms. The molecular weight excluding hydrogens is 432 g/mol. The summed E-state index contributed by atoms with van der Waals surface area (Å²) in [4.78, 5) is 32.5. The lowest BCUT2D eigenvalue weighted by Gasteiger charge is -2.30. The number of esters is 1. The Balaban J connectivity index is 1.53. The van der Waals surface area contributed by atoms with Gasteiger partial charge in [0.15, 0.2) is 11.3 Å². The molecule has 1 N–H and O–H groups in total. The minimum atomic E-state index is -3.65. The van der Waals surface area contributed by atoms with E-state index in [2.05, 4.69) is 15.3 Å². The van der Waals surface area contributed by atoms with E-state index in [4.69, 9.17) is 16.3 Å². The highest BCUT2D eigenvalue weighted by Crippen LogP contribution is 2.25. The third kappa shape index (κ3) is 5.13. The molecule has 1 atom stereocenters. The zero-order valence-electron chi connectivity index (χ0n) is 16.2. The summed E-state index contributed by atoms with van der Waals surface area (Å²) in [5.74, 6) is -1.55. The molecule has 9 nitrogen and oxygen atoms in total. The molecule has 1 aliphatic heterocycles. The van der Waals surface area contributed by atoms with Gasteiger partial charge in [0.2, 0.25) is 10.0 Å².